The number of benzene rings is 1. The highest BCUT2D eigenvalue weighted by Crippen LogP contribution is 2.28. The standard InChI is InChI=1S/C17H20FN3.ClH/c18-16-6-12-2-1-4-20-17(12)14(7-16)10-21-5-3-13-8-19-9-15(13)11-21;/h1-2,4,6-7,13,15,19H,3,5,8-11H2;1H. The summed E-state index contributed by atoms with van der Waals surface area (Å²) in [5.74, 6) is 1.43. The summed E-state index contributed by atoms with van der Waals surface area (Å²) in [4.78, 5) is 6.90. The Bertz CT molecular complexity index is 663. The van der Waals surface area contributed by atoms with E-state index in [0.29, 0.717) is 0 Å². The van der Waals surface area contributed by atoms with Crippen molar-refractivity contribution in [3.05, 3.63) is 41.8 Å². The smallest absolute Gasteiger partial charge is 0.124 e. The molecule has 0 aliphatic carbocycles. The van der Waals surface area contributed by atoms with E-state index in [4.69, 9.17) is 0 Å². The lowest BCUT2D eigenvalue weighted by atomic mass is 9.88. The average Bonchev–Trinajstić information content (AvgIpc) is 2.94. The molecular weight excluding hydrogens is 301 g/mol. The van der Waals surface area contributed by atoms with Gasteiger partial charge in [-0.2, -0.15) is 0 Å². The van der Waals surface area contributed by atoms with Crippen LogP contribution in [0.4, 0.5) is 4.39 Å². The highest BCUT2D eigenvalue weighted by atomic mass is 35.5. The van der Waals surface area contributed by atoms with Crippen molar-refractivity contribution in [1.82, 2.24) is 15.2 Å². The van der Waals surface area contributed by atoms with E-state index in [1.807, 2.05) is 12.1 Å². The van der Waals surface area contributed by atoms with Crippen LogP contribution in [0.1, 0.15) is 12.0 Å². The number of pyridine rings is 1. The van der Waals surface area contributed by atoms with Crippen molar-refractivity contribution in [3.63, 3.8) is 0 Å². The minimum atomic E-state index is -0.164. The van der Waals surface area contributed by atoms with Crippen molar-refractivity contribution in [2.75, 3.05) is 26.2 Å². The number of likely N-dealkylation sites (tertiary alicyclic amines) is 1. The number of halogens is 2. The second kappa shape index (κ2) is 6.49. The van der Waals surface area contributed by atoms with Crippen LogP contribution in [0.25, 0.3) is 10.9 Å². The Morgan fingerprint density at radius 2 is 2.14 bits per heavy atom. The molecule has 0 amide bonds. The number of hydrogen-bond donors (Lipinski definition) is 1. The first-order chi connectivity index (χ1) is 10.3. The first-order valence-corrected chi connectivity index (χ1v) is 7.76. The number of fused-ring (bicyclic) bond motifs is 2. The van der Waals surface area contributed by atoms with Crippen LogP contribution in [0.5, 0.6) is 0 Å². The minimum absolute atomic E-state index is 0. The molecule has 1 N–H and O–H groups in total. The molecule has 4 rings (SSSR count). The van der Waals surface area contributed by atoms with Gasteiger partial charge >= 0.3 is 0 Å². The van der Waals surface area contributed by atoms with Crippen molar-refractivity contribution < 1.29 is 4.39 Å². The summed E-state index contributed by atoms with van der Waals surface area (Å²) in [5.41, 5.74) is 1.94. The van der Waals surface area contributed by atoms with E-state index < -0.39 is 0 Å². The molecule has 22 heavy (non-hydrogen) atoms. The van der Waals surface area contributed by atoms with Gasteiger partial charge in [-0.3, -0.25) is 9.88 Å². The minimum Gasteiger partial charge on any atom is -0.316 e. The monoisotopic (exact) mass is 321 g/mol. The molecule has 1 aromatic carbocycles. The molecule has 5 heteroatoms. The zero-order valence-electron chi connectivity index (χ0n) is 12.5. The Labute approximate surface area is 136 Å². The van der Waals surface area contributed by atoms with Crippen LogP contribution in [0.3, 0.4) is 0 Å². The summed E-state index contributed by atoms with van der Waals surface area (Å²) in [6, 6.07) is 7.01. The van der Waals surface area contributed by atoms with Crippen molar-refractivity contribution in [2.24, 2.45) is 11.8 Å². The van der Waals surface area contributed by atoms with Crippen LogP contribution >= 0.6 is 12.4 Å². The molecule has 1 aromatic heterocycles. The second-order valence-corrected chi connectivity index (χ2v) is 6.34. The molecule has 0 spiro atoms. The second-order valence-electron chi connectivity index (χ2n) is 6.34. The summed E-state index contributed by atoms with van der Waals surface area (Å²) < 4.78 is 13.8. The Kier molecular flexibility index (Phi) is 4.62. The highest BCUT2D eigenvalue weighted by Gasteiger charge is 2.32. The maximum atomic E-state index is 13.8. The van der Waals surface area contributed by atoms with Gasteiger partial charge in [0.05, 0.1) is 5.52 Å². The van der Waals surface area contributed by atoms with Gasteiger partial charge in [-0.1, -0.05) is 6.07 Å². The third-order valence-electron chi connectivity index (χ3n) is 4.93. The van der Waals surface area contributed by atoms with Crippen LogP contribution in [0.2, 0.25) is 0 Å². The largest absolute Gasteiger partial charge is 0.316 e. The lowest BCUT2D eigenvalue weighted by molar-refractivity contribution is 0.142. The number of piperidine rings is 1. The lowest BCUT2D eigenvalue weighted by Gasteiger charge is -2.34. The third kappa shape index (κ3) is 2.96. The van der Waals surface area contributed by atoms with Gasteiger partial charge in [0.15, 0.2) is 0 Å². The zero-order chi connectivity index (χ0) is 14.2. The quantitative estimate of drug-likeness (QED) is 0.922. The first-order valence-electron chi connectivity index (χ1n) is 7.76. The molecule has 3 heterocycles. The highest BCUT2D eigenvalue weighted by molar-refractivity contribution is 5.85. The number of nitrogens with zero attached hydrogens (tertiary/aromatic N) is 2. The fraction of sp³-hybridized carbons (Fsp3) is 0.471. The molecule has 0 bridgehead atoms. The average molecular weight is 322 g/mol. The van der Waals surface area contributed by atoms with E-state index in [-0.39, 0.29) is 18.2 Å². The molecule has 3 nitrogen and oxygen atoms in total. The summed E-state index contributed by atoms with van der Waals surface area (Å²) in [5, 5.41) is 4.38. The van der Waals surface area contributed by atoms with Gasteiger partial charge in [0.25, 0.3) is 0 Å². The molecule has 2 aliphatic rings. The lowest BCUT2D eigenvalue weighted by Crippen LogP contribution is -2.39. The van der Waals surface area contributed by atoms with Gasteiger partial charge in [0, 0.05) is 24.7 Å². The molecule has 2 atom stereocenters. The van der Waals surface area contributed by atoms with Crippen LogP contribution in [-0.2, 0) is 6.54 Å². The molecule has 2 unspecified atom stereocenters. The Morgan fingerprint density at radius 1 is 1.27 bits per heavy atom. The fourth-order valence-electron chi connectivity index (χ4n) is 3.84. The van der Waals surface area contributed by atoms with E-state index in [2.05, 4.69) is 15.2 Å². The topological polar surface area (TPSA) is 28.2 Å². The van der Waals surface area contributed by atoms with E-state index in [1.54, 1.807) is 18.3 Å². The normalized spacial score (nSPS) is 25.0. The number of hydrogen-bond acceptors (Lipinski definition) is 3. The van der Waals surface area contributed by atoms with E-state index in [1.165, 1.54) is 13.0 Å². The van der Waals surface area contributed by atoms with Crippen molar-refractivity contribution in [1.29, 1.82) is 0 Å². The molecule has 2 saturated heterocycles. The van der Waals surface area contributed by atoms with Crippen LogP contribution in [-0.4, -0.2) is 36.1 Å². The molecule has 0 saturated carbocycles. The van der Waals surface area contributed by atoms with E-state index in [9.17, 15) is 4.39 Å². The SMILES string of the molecule is Cl.Fc1cc(CN2CCC3CNCC3C2)c2ncccc2c1. The number of aromatic nitrogens is 1. The van der Waals surface area contributed by atoms with Crippen LogP contribution in [0, 0.1) is 17.7 Å². The maximum absolute atomic E-state index is 13.8. The molecule has 118 valence electrons. The zero-order valence-corrected chi connectivity index (χ0v) is 13.3. The van der Waals surface area contributed by atoms with Gasteiger partial charge in [-0.15, -0.1) is 12.4 Å². The van der Waals surface area contributed by atoms with Crippen molar-refractivity contribution >= 4 is 23.3 Å². The Balaban J connectivity index is 0.00000144. The number of rotatable bonds is 2. The number of nitrogens with one attached hydrogen (secondary N) is 1. The molecule has 2 aromatic rings. The van der Waals surface area contributed by atoms with Gasteiger partial charge in [0.1, 0.15) is 5.82 Å². The molecule has 0 radical (unpaired) electrons. The fourth-order valence-corrected chi connectivity index (χ4v) is 3.84. The van der Waals surface area contributed by atoms with Gasteiger partial charge in [-0.25, -0.2) is 4.39 Å². The van der Waals surface area contributed by atoms with Crippen molar-refractivity contribution in [2.45, 2.75) is 13.0 Å². The van der Waals surface area contributed by atoms with Crippen molar-refractivity contribution in [3.8, 4) is 0 Å². The van der Waals surface area contributed by atoms with Gasteiger partial charge in [0.2, 0.25) is 0 Å². The summed E-state index contributed by atoms with van der Waals surface area (Å²) in [6.45, 7) is 5.32. The Morgan fingerprint density at radius 3 is 3.05 bits per heavy atom. The van der Waals surface area contributed by atoms with E-state index >= 15 is 0 Å². The van der Waals surface area contributed by atoms with E-state index in [0.717, 1.165) is 54.5 Å². The summed E-state index contributed by atoms with van der Waals surface area (Å²) in [6.07, 6.45) is 3.04. The van der Waals surface area contributed by atoms with Crippen LogP contribution < -0.4 is 5.32 Å². The first kappa shape index (κ1) is 15.7. The van der Waals surface area contributed by atoms with Crippen LogP contribution in [0.15, 0.2) is 30.5 Å². The third-order valence-corrected chi connectivity index (χ3v) is 4.93. The van der Waals surface area contributed by atoms with Gasteiger partial charge < -0.3 is 5.32 Å². The predicted molar refractivity (Wildman–Crippen MR) is 88.7 cm³/mol. The molecule has 2 fully saturated rings. The van der Waals surface area contributed by atoms with Gasteiger partial charge in [-0.05, 0) is 61.7 Å². The predicted octanol–water partition coefficient (Wildman–Crippen LogP) is 2.84. The summed E-state index contributed by atoms with van der Waals surface area (Å²) >= 11 is 0. The Hall–Kier alpha value is -1.23. The molecule has 2 aliphatic heterocycles. The summed E-state index contributed by atoms with van der Waals surface area (Å²) in [7, 11) is 0. The molecular formula is C17H21ClFN3. The maximum Gasteiger partial charge on any atom is 0.124 e.